The van der Waals surface area contributed by atoms with E-state index in [1.54, 1.807) is 11.1 Å². The van der Waals surface area contributed by atoms with Gasteiger partial charge in [-0.05, 0) is 159 Å². The number of benzene rings is 8. The fourth-order valence-electron chi connectivity index (χ4n) is 13.5. The van der Waals surface area contributed by atoms with E-state index in [2.05, 4.69) is 180 Å². The Morgan fingerprint density at radius 2 is 1.02 bits per heavy atom. The summed E-state index contributed by atoms with van der Waals surface area (Å²) in [6.07, 6.45) is 7.09. The third-order valence-electron chi connectivity index (χ3n) is 15.6. The summed E-state index contributed by atoms with van der Waals surface area (Å²) < 4.78 is 5.17. The molecule has 1 nitrogen and oxygen atoms in total. The number of fused-ring (bicyclic) bond motifs is 5. The summed E-state index contributed by atoms with van der Waals surface area (Å²) in [4.78, 5) is 0. The minimum Gasteiger partial charge on any atom is -0.309 e. The van der Waals surface area contributed by atoms with Crippen LogP contribution in [0.1, 0.15) is 43.2 Å². The van der Waals surface area contributed by atoms with E-state index in [0.29, 0.717) is 0 Å². The molecule has 2 aromatic heterocycles. The van der Waals surface area contributed by atoms with E-state index >= 15 is 0 Å². The Bertz CT molecular complexity index is 3330. The highest BCUT2D eigenvalue weighted by molar-refractivity contribution is 7.26. The summed E-state index contributed by atoms with van der Waals surface area (Å²) in [6.45, 7) is 0. The number of aromatic nitrogens is 1. The lowest BCUT2D eigenvalue weighted by atomic mass is 9.42. The zero-order valence-corrected chi connectivity index (χ0v) is 34.3. The molecule has 5 aliphatic carbocycles. The Hall–Kier alpha value is -6.22. The first-order chi connectivity index (χ1) is 29.7. The summed E-state index contributed by atoms with van der Waals surface area (Å²) >= 11 is 1.90. The van der Waals surface area contributed by atoms with Crippen LogP contribution in [0, 0.1) is 23.7 Å². The van der Waals surface area contributed by atoms with Gasteiger partial charge in [0.25, 0.3) is 0 Å². The molecule has 10 aromatic rings. The molecule has 4 bridgehead atoms. The zero-order valence-electron chi connectivity index (χ0n) is 33.4. The van der Waals surface area contributed by atoms with E-state index in [1.165, 1.54) is 124 Å². The van der Waals surface area contributed by atoms with Gasteiger partial charge in [-0.15, -0.1) is 11.3 Å². The fraction of sp³-hybridized carbons (Fsp3) is 0.172. The molecule has 0 radical (unpaired) electrons. The number of thiophene rings is 1. The van der Waals surface area contributed by atoms with Crippen molar-refractivity contribution in [3.63, 3.8) is 0 Å². The van der Waals surface area contributed by atoms with Crippen LogP contribution in [-0.4, -0.2) is 4.57 Å². The van der Waals surface area contributed by atoms with Gasteiger partial charge >= 0.3 is 0 Å². The molecular weight excluding hydrogens is 743 g/mol. The van der Waals surface area contributed by atoms with Gasteiger partial charge in [-0.3, -0.25) is 0 Å². The predicted octanol–water partition coefficient (Wildman–Crippen LogP) is 15.9. The number of hydrogen-bond acceptors (Lipinski definition) is 1. The fourth-order valence-corrected chi connectivity index (χ4v) is 14.7. The van der Waals surface area contributed by atoms with Crippen LogP contribution in [0.3, 0.4) is 0 Å². The van der Waals surface area contributed by atoms with Gasteiger partial charge in [0.1, 0.15) is 0 Å². The standard InChI is InChI=1S/C58H43NS/c1-2-9-37(10-3-1)41-25-28-51-49(34-41)47-13-7-17-53-55(47)56-52(16-8-18-54(56)60-53)59(51)44-26-23-39(24-27-44)38-19-21-40(22-20-38)45-12-6-14-48-46-11-4-5-15-50(46)58(57(45)48)42-30-35-29-36(32-42)33-43(58)31-35/h1-28,34-36,42-43H,29-33H2. The molecule has 1 spiro atoms. The molecule has 0 atom stereocenters. The Balaban J connectivity index is 0.886. The van der Waals surface area contributed by atoms with Gasteiger partial charge < -0.3 is 4.57 Å². The van der Waals surface area contributed by atoms with E-state index in [1.807, 2.05) is 11.3 Å². The molecule has 0 N–H and O–H groups in total. The number of hydrogen-bond donors (Lipinski definition) is 0. The van der Waals surface area contributed by atoms with Crippen LogP contribution in [0.25, 0.3) is 92.2 Å². The predicted molar refractivity (Wildman–Crippen MR) is 253 cm³/mol. The molecule has 2 heteroatoms. The van der Waals surface area contributed by atoms with E-state index in [0.717, 1.165) is 23.7 Å². The third kappa shape index (κ3) is 4.52. The largest absolute Gasteiger partial charge is 0.309 e. The van der Waals surface area contributed by atoms with Gasteiger partial charge in [0.15, 0.2) is 0 Å². The molecule has 286 valence electrons. The maximum absolute atomic E-state index is 2.50. The van der Waals surface area contributed by atoms with Gasteiger partial charge in [-0.2, -0.15) is 0 Å². The molecule has 15 rings (SSSR count). The highest BCUT2D eigenvalue weighted by Crippen LogP contribution is 2.70. The first-order valence-corrected chi connectivity index (χ1v) is 22.9. The van der Waals surface area contributed by atoms with Gasteiger partial charge in [0, 0.05) is 36.7 Å². The molecule has 0 saturated heterocycles. The first kappa shape index (κ1) is 33.6. The second-order valence-corrected chi connectivity index (χ2v) is 19.5. The molecule has 0 unspecified atom stereocenters. The average Bonchev–Trinajstić information content (AvgIpc) is 3.79. The number of nitrogens with zero attached hydrogens (tertiary/aromatic N) is 1. The van der Waals surface area contributed by atoms with Crippen LogP contribution < -0.4 is 0 Å². The summed E-state index contributed by atoms with van der Waals surface area (Å²) in [5.74, 6) is 3.38. The normalized spacial score (nSPS) is 22.4. The Kier molecular flexibility index (Phi) is 6.95. The minimum absolute atomic E-state index is 0.153. The van der Waals surface area contributed by atoms with Crippen molar-refractivity contribution in [3.05, 3.63) is 187 Å². The van der Waals surface area contributed by atoms with Crippen molar-refractivity contribution >= 4 is 53.3 Å². The molecule has 0 amide bonds. The lowest BCUT2D eigenvalue weighted by molar-refractivity contribution is -0.0397. The second-order valence-electron chi connectivity index (χ2n) is 18.4. The quantitative estimate of drug-likeness (QED) is 0.167. The van der Waals surface area contributed by atoms with Gasteiger partial charge in [-0.1, -0.05) is 133 Å². The second kappa shape index (κ2) is 12.4. The first-order valence-electron chi connectivity index (χ1n) is 22.1. The van der Waals surface area contributed by atoms with Crippen LogP contribution >= 0.6 is 11.3 Å². The van der Waals surface area contributed by atoms with Crippen LogP contribution in [0.2, 0.25) is 0 Å². The topological polar surface area (TPSA) is 4.93 Å². The molecule has 60 heavy (non-hydrogen) atoms. The highest BCUT2D eigenvalue weighted by atomic mass is 32.1. The van der Waals surface area contributed by atoms with E-state index in [9.17, 15) is 0 Å². The molecule has 4 fully saturated rings. The molecule has 8 aromatic carbocycles. The lowest BCUT2D eigenvalue weighted by Crippen LogP contribution is -2.55. The SMILES string of the molecule is c1ccc(-c2ccc3c(c2)c2cccc4sc5cccc(c5c42)n3-c2ccc(-c3ccc(-c4cccc5c4C4(c6ccccc6-5)C5CC6CC(C5)CC4C6)cc3)cc2)cc1. The summed E-state index contributed by atoms with van der Waals surface area (Å²) in [6, 6.07) is 67.0. The van der Waals surface area contributed by atoms with Gasteiger partial charge in [0.05, 0.1) is 11.0 Å². The zero-order chi connectivity index (χ0) is 39.1. The maximum atomic E-state index is 2.50. The van der Waals surface area contributed by atoms with Gasteiger partial charge in [-0.25, -0.2) is 0 Å². The summed E-state index contributed by atoms with van der Waals surface area (Å²) in [5.41, 5.74) is 17.8. The smallest absolute Gasteiger partial charge is 0.0555 e. The van der Waals surface area contributed by atoms with E-state index in [4.69, 9.17) is 0 Å². The van der Waals surface area contributed by atoms with Crippen molar-refractivity contribution in [2.24, 2.45) is 23.7 Å². The molecule has 4 saturated carbocycles. The molecular formula is C58H43NS. The van der Waals surface area contributed by atoms with Crippen molar-refractivity contribution in [2.45, 2.75) is 37.5 Å². The summed E-state index contributed by atoms with van der Waals surface area (Å²) in [5, 5.41) is 5.28. The minimum atomic E-state index is 0.153. The van der Waals surface area contributed by atoms with Crippen LogP contribution in [-0.2, 0) is 5.41 Å². The van der Waals surface area contributed by atoms with Gasteiger partial charge in [0.2, 0.25) is 0 Å². The van der Waals surface area contributed by atoms with Crippen molar-refractivity contribution in [2.75, 3.05) is 0 Å². The maximum Gasteiger partial charge on any atom is 0.0555 e. The Morgan fingerprint density at radius 3 is 1.80 bits per heavy atom. The van der Waals surface area contributed by atoms with Crippen molar-refractivity contribution in [3.8, 4) is 50.2 Å². The van der Waals surface area contributed by atoms with Crippen LogP contribution in [0.5, 0.6) is 0 Å². The monoisotopic (exact) mass is 785 g/mol. The van der Waals surface area contributed by atoms with E-state index < -0.39 is 0 Å². The molecule has 5 aliphatic rings. The molecule has 0 aliphatic heterocycles. The van der Waals surface area contributed by atoms with Crippen LogP contribution in [0.15, 0.2) is 176 Å². The van der Waals surface area contributed by atoms with Crippen molar-refractivity contribution in [1.29, 1.82) is 0 Å². The molecule has 2 heterocycles. The lowest BCUT2D eigenvalue weighted by Gasteiger charge is -2.61. The Labute approximate surface area is 354 Å². The van der Waals surface area contributed by atoms with Crippen LogP contribution in [0.4, 0.5) is 0 Å². The Morgan fingerprint density at radius 1 is 0.417 bits per heavy atom. The summed E-state index contributed by atoms with van der Waals surface area (Å²) in [7, 11) is 0. The number of rotatable bonds is 4. The van der Waals surface area contributed by atoms with Crippen molar-refractivity contribution in [1.82, 2.24) is 4.57 Å². The average molecular weight is 786 g/mol. The highest BCUT2D eigenvalue weighted by Gasteiger charge is 2.62. The van der Waals surface area contributed by atoms with E-state index in [-0.39, 0.29) is 5.41 Å². The third-order valence-corrected chi connectivity index (χ3v) is 16.7. The van der Waals surface area contributed by atoms with Crippen molar-refractivity contribution < 1.29 is 0 Å².